The molecule has 1 unspecified atom stereocenters. The summed E-state index contributed by atoms with van der Waals surface area (Å²) in [4.78, 5) is 49.6. The van der Waals surface area contributed by atoms with Crippen molar-refractivity contribution < 1.29 is 32.3 Å². The monoisotopic (exact) mass is 753 g/mol. The van der Waals surface area contributed by atoms with E-state index in [4.69, 9.17) is 20.0 Å². The van der Waals surface area contributed by atoms with Crippen LogP contribution in [0.25, 0.3) is 22.0 Å². The zero-order valence-corrected chi connectivity index (χ0v) is 30.8. The van der Waals surface area contributed by atoms with E-state index in [0.717, 1.165) is 22.3 Å². The van der Waals surface area contributed by atoms with Crippen LogP contribution in [-0.4, -0.2) is 67.9 Å². The highest BCUT2D eigenvalue weighted by molar-refractivity contribution is 7.90. The van der Waals surface area contributed by atoms with E-state index in [1.165, 1.54) is 13.2 Å². The molecule has 1 amide bonds. The first-order valence-electron chi connectivity index (χ1n) is 17.1. The number of nitrogens with one attached hydrogen (secondary N) is 2. The van der Waals surface area contributed by atoms with Crippen molar-refractivity contribution in [2.75, 3.05) is 20.3 Å². The van der Waals surface area contributed by atoms with Gasteiger partial charge in [0, 0.05) is 12.5 Å². The molecule has 16 heteroatoms. The Labute approximate surface area is 311 Å². The number of aromatic nitrogens is 3. The lowest BCUT2D eigenvalue weighted by Crippen LogP contribution is -2.47. The molecule has 0 saturated heterocycles. The Hall–Kier alpha value is -6.29. The van der Waals surface area contributed by atoms with Crippen LogP contribution in [0.15, 0.2) is 93.5 Å². The number of benzene rings is 4. The number of aryl methyl sites for hydroxylation is 1. The molecule has 0 saturated carbocycles. The third-order valence-corrected chi connectivity index (χ3v) is 10.9. The Morgan fingerprint density at radius 1 is 0.963 bits per heavy atom. The van der Waals surface area contributed by atoms with Crippen LogP contribution in [0.2, 0.25) is 0 Å². The first-order valence-corrected chi connectivity index (χ1v) is 18.5. The van der Waals surface area contributed by atoms with Crippen LogP contribution in [0.1, 0.15) is 46.6 Å². The summed E-state index contributed by atoms with van der Waals surface area (Å²) in [6, 6.07) is 22.4. The lowest BCUT2D eigenvalue weighted by atomic mass is 9.98. The summed E-state index contributed by atoms with van der Waals surface area (Å²) >= 11 is 0. The van der Waals surface area contributed by atoms with Gasteiger partial charge in [0.25, 0.3) is 10.0 Å². The number of methoxy groups -OCH3 is 1. The fourth-order valence-electron chi connectivity index (χ4n) is 6.58. The number of alkyl carbamates (subject to hydrolysis) is 1. The second-order valence-electron chi connectivity index (χ2n) is 12.7. The lowest BCUT2D eigenvalue weighted by Gasteiger charge is -2.19. The number of ether oxygens (including phenoxy) is 2. The van der Waals surface area contributed by atoms with Gasteiger partial charge in [-0.1, -0.05) is 60.7 Å². The predicted octanol–water partition coefficient (Wildman–Crippen LogP) is 3.66. The van der Waals surface area contributed by atoms with Gasteiger partial charge in [-0.05, 0) is 101 Å². The van der Waals surface area contributed by atoms with Gasteiger partial charge in [0.05, 0.1) is 17.4 Å². The molecule has 0 spiro atoms. The van der Waals surface area contributed by atoms with Crippen molar-refractivity contribution in [3.05, 3.63) is 117 Å². The summed E-state index contributed by atoms with van der Waals surface area (Å²) < 4.78 is 39.9. The van der Waals surface area contributed by atoms with Gasteiger partial charge in [0.1, 0.15) is 23.9 Å². The summed E-state index contributed by atoms with van der Waals surface area (Å²) in [6.45, 7) is 5.03. The summed E-state index contributed by atoms with van der Waals surface area (Å²) in [5.74, 6) is -1.06. The van der Waals surface area contributed by atoms with Crippen LogP contribution in [0.5, 0.6) is 5.75 Å². The van der Waals surface area contributed by atoms with Gasteiger partial charge in [-0.3, -0.25) is 9.79 Å². The van der Waals surface area contributed by atoms with E-state index < -0.39 is 33.7 Å². The van der Waals surface area contributed by atoms with Crippen molar-refractivity contribution in [1.29, 1.82) is 0 Å². The van der Waals surface area contributed by atoms with Gasteiger partial charge < -0.3 is 25.4 Å². The van der Waals surface area contributed by atoms with E-state index in [2.05, 4.69) is 25.3 Å². The van der Waals surface area contributed by atoms with Crippen molar-refractivity contribution in [1.82, 2.24) is 25.2 Å². The maximum atomic E-state index is 13.5. The number of hydrogen-bond donors (Lipinski definition) is 3. The number of nitrogens with zero attached hydrogens (tertiary/aromatic N) is 4. The first kappa shape index (κ1) is 37.5. The Morgan fingerprint density at radius 2 is 1.61 bits per heavy atom. The van der Waals surface area contributed by atoms with E-state index in [0.29, 0.717) is 32.8 Å². The lowest BCUT2D eigenvalue weighted by molar-refractivity contribution is -0.149. The number of rotatable bonds is 12. The molecule has 4 aromatic carbocycles. The highest BCUT2D eigenvalue weighted by Gasteiger charge is 2.31. The molecular weight excluding hydrogens is 715 g/mol. The molecule has 54 heavy (non-hydrogen) atoms. The van der Waals surface area contributed by atoms with Crippen molar-refractivity contribution in [3.8, 4) is 16.9 Å². The molecule has 1 atom stereocenters. The first-order chi connectivity index (χ1) is 25.9. The summed E-state index contributed by atoms with van der Waals surface area (Å²) in [7, 11) is -2.60. The van der Waals surface area contributed by atoms with Gasteiger partial charge in [0.2, 0.25) is 5.96 Å². The van der Waals surface area contributed by atoms with E-state index in [1.807, 2.05) is 48.5 Å². The minimum absolute atomic E-state index is 0.00905. The number of carbonyl (C=O) groups is 2. The largest absolute Gasteiger partial charge is 0.496 e. The molecule has 1 aliphatic carbocycles. The second kappa shape index (κ2) is 15.8. The third kappa shape index (κ3) is 7.73. The SMILES string of the molecule is COc1cc(C)c(S(=O)(=O)NC(N)=NCCCC(NC(=O)OCC2c3ccccc3-c3ccccc32)C(=O)On2nnc3ccccc3c2=O)c(C)c1C. The zero-order valence-electron chi connectivity index (χ0n) is 30.0. The average Bonchev–Trinajstić information content (AvgIpc) is 3.47. The van der Waals surface area contributed by atoms with Gasteiger partial charge in [-0.2, -0.15) is 0 Å². The van der Waals surface area contributed by atoms with Crippen molar-refractivity contribution in [2.24, 2.45) is 10.7 Å². The number of nitrogens with two attached hydrogens (primary N) is 1. The van der Waals surface area contributed by atoms with Crippen LogP contribution in [0, 0.1) is 20.8 Å². The molecule has 0 radical (unpaired) electrons. The molecule has 1 aliphatic rings. The number of carbonyl (C=O) groups excluding carboxylic acids is 2. The van der Waals surface area contributed by atoms with Gasteiger partial charge in [-0.25, -0.2) is 22.7 Å². The van der Waals surface area contributed by atoms with E-state index in [-0.39, 0.29) is 48.2 Å². The highest BCUT2D eigenvalue weighted by atomic mass is 32.2. The van der Waals surface area contributed by atoms with Crippen LogP contribution >= 0.6 is 0 Å². The molecule has 280 valence electrons. The maximum Gasteiger partial charge on any atom is 0.407 e. The van der Waals surface area contributed by atoms with Crippen molar-refractivity contribution >= 4 is 38.9 Å². The van der Waals surface area contributed by atoms with E-state index >= 15 is 0 Å². The van der Waals surface area contributed by atoms with E-state index in [1.54, 1.807) is 45.0 Å². The highest BCUT2D eigenvalue weighted by Crippen LogP contribution is 2.44. The summed E-state index contributed by atoms with van der Waals surface area (Å²) in [6.07, 6.45) is -0.825. The van der Waals surface area contributed by atoms with Gasteiger partial charge in [-0.15, -0.1) is 5.10 Å². The Balaban J connectivity index is 1.15. The number of guanidine groups is 1. The summed E-state index contributed by atoms with van der Waals surface area (Å²) in [5, 5.41) is 10.3. The molecular formula is C38H39N7O8S. The molecule has 4 N–H and O–H groups in total. The van der Waals surface area contributed by atoms with Crippen LogP contribution in [0.4, 0.5) is 4.79 Å². The minimum atomic E-state index is -4.11. The van der Waals surface area contributed by atoms with Crippen LogP contribution in [0.3, 0.4) is 0 Å². The maximum absolute atomic E-state index is 13.5. The number of amides is 1. The average molecular weight is 754 g/mol. The molecule has 5 aromatic rings. The molecule has 0 aliphatic heterocycles. The Morgan fingerprint density at radius 3 is 2.30 bits per heavy atom. The summed E-state index contributed by atoms with van der Waals surface area (Å²) in [5.41, 5.74) is 11.3. The molecule has 6 rings (SSSR count). The van der Waals surface area contributed by atoms with Gasteiger partial charge in [0.15, 0.2) is 0 Å². The van der Waals surface area contributed by atoms with Crippen LogP contribution < -0.4 is 30.9 Å². The molecule has 0 bridgehead atoms. The number of fused-ring (bicyclic) bond motifs is 4. The van der Waals surface area contributed by atoms with Gasteiger partial charge >= 0.3 is 17.6 Å². The quantitative estimate of drug-likeness (QED) is 0.0726. The number of sulfonamides is 1. The topological polar surface area (TPSA) is 206 Å². The molecule has 1 heterocycles. The molecule has 0 fully saturated rings. The molecule has 1 aromatic heterocycles. The Kier molecular flexibility index (Phi) is 10.9. The normalized spacial score (nSPS) is 13.1. The smallest absolute Gasteiger partial charge is 0.407 e. The number of hydrogen-bond acceptors (Lipinski definition) is 11. The standard InChI is InChI=1S/C38H39N7O8S/c1-22-20-33(51-4)23(2)24(3)34(22)54(49,50)43-37(39)40-19-11-18-32(36(47)53-45-35(46)29-16-9-10-17-31(29)42-44-45)41-38(48)52-21-30-27-14-7-5-12-25(27)26-13-6-8-15-28(26)30/h5-10,12-17,20,30,32H,11,18-19,21H2,1-4H3,(H,41,48)(H3,39,40,43). The molecule has 15 nitrogen and oxygen atoms in total. The fraction of sp³-hybridized carbons (Fsp3) is 0.263. The third-order valence-electron chi connectivity index (χ3n) is 9.28. The number of aliphatic imine (C=N–C) groups is 1. The zero-order chi connectivity index (χ0) is 38.6. The second-order valence-corrected chi connectivity index (χ2v) is 14.3. The Bertz CT molecular complexity index is 2400. The van der Waals surface area contributed by atoms with Crippen molar-refractivity contribution in [2.45, 2.75) is 50.5 Å². The van der Waals surface area contributed by atoms with Crippen molar-refractivity contribution in [3.63, 3.8) is 0 Å². The van der Waals surface area contributed by atoms with Crippen LogP contribution in [-0.2, 0) is 19.6 Å². The minimum Gasteiger partial charge on any atom is -0.496 e. The predicted molar refractivity (Wildman–Crippen MR) is 201 cm³/mol. The fourth-order valence-corrected chi connectivity index (χ4v) is 8.06. The van der Waals surface area contributed by atoms with E-state index in [9.17, 15) is 22.8 Å².